The van der Waals surface area contributed by atoms with Crippen LogP contribution in [0.4, 0.5) is 4.39 Å². The molecule has 2 atom stereocenters. The van der Waals surface area contributed by atoms with E-state index in [0.717, 1.165) is 22.3 Å². The Morgan fingerprint density at radius 1 is 1.35 bits per heavy atom. The van der Waals surface area contributed by atoms with Crippen molar-refractivity contribution in [2.45, 2.75) is 50.6 Å². The summed E-state index contributed by atoms with van der Waals surface area (Å²) in [6, 6.07) is 5.81. The van der Waals surface area contributed by atoms with Gasteiger partial charge in [-0.05, 0) is 56.8 Å². The lowest BCUT2D eigenvalue weighted by Crippen LogP contribution is -2.42. The van der Waals surface area contributed by atoms with Crippen molar-refractivity contribution in [3.05, 3.63) is 35.1 Å². The van der Waals surface area contributed by atoms with E-state index in [0.29, 0.717) is 19.1 Å². The van der Waals surface area contributed by atoms with E-state index in [-0.39, 0.29) is 29.8 Å². The topological polar surface area (TPSA) is 39.7 Å². The average Bonchev–Trinajstić information content (AvgIpc) is 3.01. The van der Waals surface area contributed by atoms with Crippen LogP contribution in [0.5, 0.6) is 0 Å². The van der Waals surface area contributed by atoms with E-state index < -0.39 is 0 Å². The normalized spacial score (nSPS) is 20.2. The lowest BCUT2D eigenvalue weighted by Gasteiger charge is -2.18. The zero-order valence-corrected chi connectivity index (χ0v) is 19.4. The summed E-state index contributed by atoms with van der Waals surface area (Å²) in [6.07, 6.45) is 3.67. The second kappa shape index (κ2) is 12.0. The number of thioether (sulfide) groups is 1. The summed E-state index contributed by atoms with van der Waals surface area (Å²) in [5, 5.41) is 7.65. The van der Waals surface area contributed by atoms with Crippen LogP contribution in [-0.4, -0.2) is 49.0 Å². The fourth-order valence-electron chi connectivity index (χ4n) is 3.23. The molecule has 1 fully saturated rings. The number of aliphatic imine (C=N–C) groups is 1. The molecule has 2 unspecified atom stereocenters. The van der Waals surface area contributed by atoms with Crippen molar-refractivity contribution >= 4 is 41.7 Å². The minimum absolute atomic E-state index is 0. The summed E-state index contributed by atoms with van der Waals surface area (Å²) in [7, 11) is 5.69. The van der Waals surface area contributed by atoms with Gasteiger partial charge in [0.1, 0.15) is 5.82 Å². The lowest BCUT2D eigenvalue weighted by molar-refractivity contribution is 0.392. The van der Waals surface area contributed by atoms with Crippen molar-refractivity contribution in [2.24, 2.45) is 4.99 Å². The number of nitrogens with one attached hydrogen (secondary N) is 2. The Labute approximate surface area is 178 Å². The molecule has 0 amide bonds. The smallest absolute Gasteiger partial charge is 0.191 e. The monoisotopic (exact) mass is 494 g/mol. The summed E-state index contributed by atoms with van der Waals surface area (Å²) < 4.78 is 13.9. The molecule has 0 heterocycles. The van der Waals surface area contributed by atoms with E-state index in [9.17, 15) is 4.39 Å². The first-order chi connectivity index (χ1) is 12.0. The molecule has 1 aliphatic rings. The van der Waals surface area contributed by atoms with Gasteiger partial charge in [-0.25, -0.2) is 4.39 Å². The third-order valence-electron chi connectivity index (χ3n) is 4.41. The summed E-state index contributed by atoms with van der Waals surface area (Å²) in [5.41, 5.74) is 1.79. The van der Waals surface area contributed by atoms with Gasteiger partial charge in [0, 0.05) is 37.0 Å². The van der Waals surface area contributed by atoms with Crippen LogP contribution in [0.1, 0.15) is 37.3 Å². The molecule has 0 aromatic heterocycles. The molecule has 0 aliphatic heterocycles. The Balaban J connectivity index is 0.00000338. The van der Waals surface area contributed by atoms with Crippen LogP contribution in [0.3, 0.4) is 0 Å². The van der Waals surface area contributed by atoms with Crippen molar-refractivity contribution < 1.29 is 4.39 Å². The van der Waals surface area contributed by atoms with Gasteiger partial charge >= 0.3 is 0 Å². The molecule has 0 radical (unpaired) electrons. The zero-order valence-electron chi connectivity index (χ0n) is 16.2. The third-order valence-corrected chi connectivity index (χ3v) is 5.64. The fourth-order valence-corrected chi connectivity index (χ4v) is 4.37. The van der Waals surface area contributed by atoms with Gasteiger partial charge in [-0.15, -0.1) is 24.0 Å². The Kier molecular flexibility index (Phi) is 10.9. The van der Waals surface area contributed by atoms with E-state index in [1.165, 1.54) is 25.0 Å². The van der Waals surface area contributed by atoms with E-state index >= 15 is 0 Å². The van der Waals surface area contributed by atoms with Crippen LogP contribution in [0.2, 0.25) is 0 Å². The molecule has 1 saturated carbocycles. The first-order valence-corrected chi connectivity index (χ1v) is 10.1. The molecule has 0 saturated heterocycles. The number of hydrogen-bond donors (Lipinski definition) is 2. The largest absolute Gasteiger partial charge is 0.354 e. The second-order valence-electron chi connectivity index (χ2n) is 6.82. The van der Waals surface area contributed by atoms with Crippen molar-refractivity contribution in [3.63, 3.8) is 0 Å². The summed E-state index contributed by atoms with van der Waals surface area (Å²) in [4.78, 5) is 6.30. The van der Waals surface area contributed by atoms with Crippen LogP contribution in [0.15, 0.2) is 23.2 Å². The fraction of sp³-hybridized carbons (Fsp3) is 0.632. The average molecular weight is 494 g/mol. The number of halogens is 2. The first-order valence-electron chi connectivity index (χ1n) is 9.02. The molecule has 1 aromatic carbocycles. The van der Waals surface area contributed by atoms with Crippen molar-refractivity contribution in [3.8, 4) is 0 Å². The number of nitrogens with zero attached hydrogens (tertiary/aromatic N) is 2. The van der Waals surface area contributed by atoms with E-state index in [2.05, 4.69) is 34.3 Å². The summed E-state index contributed by atoms with van der Waals surface area (Å²) in [6.45, 7) is 3.46. The van der Waals surface area contributed by atoms with E-state index in [4.69, 9.17) is 0 Å². The van der Waals surface area contributed by atoms with Gasteiger partial charge < -0.3 is 15.5 Å². The molecule has 7 heteroatoms. The third kappa shape index (κ3) is 7.60. The second-order valence-corrected chi connectivity index (χ2v) is 8.40. The zero-order chi connectivity index (χ0) is 18.2. The van der Waals surface area contributed by atoms with Gasteiger partial charge in [0.2, 0.25) is 0 Å². The van der Waals surface area contributed by atoms with Gasteiger partial charge in [0.15, 0.2) is 5.96 Å². The molecule has 26 heavy (non-hydrogen) atoms. The SMILES string of the molecule is CCSC1CCC(NC(=NC)NCc2ccc(F)c(CN(C)C)c2)C1.I. The van der Waals surface area contributed by atoms with Crippen molar-refractivity contribution in [1.29, 1.82) is 0 Å². The number of guanidine groups is 1. The molecule has 4 nitrogen and oxygen atoms in total. The Morgan fingerprint density at radius 2 is 2.12 bits per heavy atom. The van der Waals surface area contributed by atoms with Gasteiger partial charge in [-0.2, -0.15) is 11.8 Å². The Bertz CT molecular complexity index is 583. The number of rotatable bonds is 7. The highest BCUT2D eigenvalue weighted by atomic mass is 127. The van der Waals surface area contributed by atoms with E-state index in [1.54, 1.807) is 13.1 Å². The molecular formula is C19H32FIN4S. The van der Waals surface area contributed by atoms with Crippen LogP contribution < -0.4 is 10.6 Å². The maximum Gasteiger partial charge on any atom is 0.191 e. The van der Waals surface area contributed by atoms with Gasteiger partial charge in [-0.1, -0.05) is 13.0 Å². The Hall–Kier alpha value is -0.540. The molecule has 0 bridgehead atoms. The molecule has 1 aromatic rings. The Morgan fingerprint density at radius 3 is 2.77 bits per heavy atom. The molecule has 2 rings (SSSR count). The summed E-state index contributed by atoms with van der Waals surface area (Å²) in [5.74, 6) is 1.86. The van der Waals surface area contributed by atoms with Gasteiger partial charge in [-0.3, -0.25) is 4.99 Å². The minimum Gasteiger partial charge on any atom is -0.354 e. The van der Waals surface area contributed by atoms with Crippen LogP contribution in [0, 0.1) is 5.82 Å². The van der Waals surface area contributed by atoms with Crippen LogP contribution >= 0.6 is 35.7 Å². The maximum absolute atomic E-state index is 13.9. The van der Waals surface area contributed by atoms with Gasteiger partial charge in [0.25, 0.3) is 0 Å². The molecule has 1 aliphatic carbocycles. The van der Waals surface area contributed by atoms with Crippen LogP contribution in [-0.2, 0) is 13.1 Å². The van der Waals surface area contributed by atoms with Crippen molar-refractivity contribution in [1.82, 2.24) is 15.5 Å². The molecular weight excluding hydrogens is 462 g/mol. The minimum atomic E-state index is -0.148. The van der Waals surface area contributed by atoms with Crippen molar-refractivity contribution in [2.75, 3.05) is 26.9 Å². The maximum atomic E-state index is 13.9. The predicted octanol–water partition coefficient (Wildman–Crippen LogP) is 3.84. The standard InChI is InChI=1S/C19H31FN4S.HI/c1-5-25-17-8-7-16(11-17)23-19(21-2)22-12-14-6-9-18(20)15(10-14)13-24(3)4;/h6,9-10,16-17H,5,7-8,11-13H2,1-4H3,(H2,21,22,23);1H. The molecule has 2 N–H and O–H groups in total. The molecule has 148 valence electrons. The highest BCUT2D eigenvalue weighted by molar-refractivity contribution is 14.0. The number of hydrogen-bond acceptors (Lipinski definition) is 3. The first kappa shape index (κ1) is 23.5. The van der Waals surface area contributed by atoms with Gasteiger partial charge in [0.05, 0.1) is 0 Å². The molecule has 0 spiro atoms. The quantitative estimate of drug-likeness (QED) is 0.343. The highest BCUT2D eigenvalue weighted by Gasteiger charge is 2.25. The summed E-state index contributed by atoms with van der Waals surface area (Å²) >= 11 is 2.06. The number of benzene rings is 1. The lowest BCUT2D eigenvalue weighted by atomic mass is 10.1. The predicted molar refractivity (Wildman–Crippen MR) is 122 cm³/mol. The van der Waals surface area contributed by atoms with E-state index in [1.807, 2.05) is 31.1 Å². The van der Waals surface area contributed by atoms with Crippen LogP contribution in [0.25, 0.3) is 0 Å². The highest BCUT2D eigenvalue weighted by Crippen LogP contribution is 2.29.